The maximum absolute atomic E-state index is 12.3. The number of pyridine rings is 1. The van der Waals surface area contributed by atoms with Crippen LogP contribution in [0.4, 0.5) is 17.3 Å². The molecule has 0 saturated carbocycles. The molecule has 7 rings (SSSR count). The van der Waals surface area contributed by atoms with Crippen LogP contribution in [0.2, 0.25) is 0 Å². The normalized spacial score (nSPS) is 37.9. The Balaban J connectivity index is 1.15. The highest BCUT2D eigenvalue weighted by Gasteiger charge is 2.47. The largest absolute Gasteiger partial charge is 0.397 e. The van der Waals surface area contributed by atoms with Gasteiger partial charge in [0, 0.05) is 25.3 Å². The number of H-pyrrole nitrogens is 1. The molecule has 3 aromatic rings. The number of fused-ring (bicyclic) bond motifs is 5. The van der Waals surface area contributed by atoms with Crippen molar-refractivity contribution < 1.29 is 37.4 Å². The zero-order valence-electron chi connectivity index (χ0n) is 21.9. The number of hydrogen-bond donors (Lipinski definition) is 5. The quantitative estimate of drug-likeness (QED) is 0.229. The molecule has 3 fully saturated rings. The molecule has 9 atom stereocenters. The van der Waals surface area contributed by atoms with Crippen LogP contribution in [0, 0.1) is 0 Å². The second kappa shape index (κ2) is 10.9. The number of hydrogen-bond acceptors (Lipinski definition) is 16. The molecule has 0 aromatic carbocycles. The first-order valence-electron chi connectivity index (χ1n) is 13.0. The van der Waals surface area contributed by atoms with Crippen LogP contribution in [-0.2, 0) is 51.2 Å². The van der Waals surface area contributed by atoms with Crippen molar-refractivity contribution in [2.24, 2.45) is 4.99 Å². The smallest absolute Gasteiger partial charge is 0.325 e. The summed E-state index contributed by atoms with van der Waals surface area (Å²) >= 11 is 10.7. The lowest BCUT2D eigenvalue weighted by molar-refractivity contribution is -0.0602. The van der Waals surface area contributed by atoms with Crippen LogP contribution in [-0.4, -0.2) is 89.7 Å². The first-order chi connectivity index (χ1) is 20.5. The molecule has 7 N–H and O–H groups in total. The van der Waals surface area contributed by atoms with Gasteiger partial charge in [-0.1, -0.05) is 5.21 Å². The van der Waals surface area contributed by atoms with Gasteiger partial charge >= 0.3 is 13.4 Å². The Bertz CT molecular complexity index is 1780. The van der Waals surface area contributed by atoms with E-state index in [9.17, 15) is 14.6 Å². The maximum atomic E-state index is 12.3. The average molecular weight is 674 g/mol. The molecule has 230 valence electrons. The predicted molar refractivity (Wildman–Crippen MR) is 156 cm³/mol. The van der Waals surface area contributed by atoms with E-state index >= 15 is 0 Å². The molecule has 3 aromatic heterocycles. The second-order valence-corrected chi connectivity index (χ2v) is 15.8. The van der Waals surface area contributed by atoms with E-state index in [2.05, 4.69) is 30.3 Å². The topological polar surface area (TPSA) is 250 Å². The summed E-state index contributed by atoms with van der Waals surface area (Å²) in [5.41, 5.74) is 12.8. The van der Waals surface area contributed by atoms with Crippen LogP contribution in [0.1, 0.15) is 30.7 Å². The summed E-state index contributed by atoms with van der Waals surface area (Å²) in [6, 6.07) is 1.66. The second-order valence-electron chi connectivity index (χ2n) is 10.2. The molecule has 0 radical (unpaired) electrons. The minimum Gasteiger partial charge on any atom is -0.397 e. The maximum Gasteiger partial charge on any atom is 0.325 e. The highest BCUT2D eigenvalue weighted by Crippen LogP contribution is 2.54. The Kier molecular flexibility index (Phi) is 7.48. The summed E-state index contributed by atoms with van der Waals surface area (Å²) in [6.07, 6.45) is -1.17. The molecular formula is C21H25N9O9P2S2. The third-order valence-electron chi connectivity index (χ3n) is 7.39. The molecule has 2 bridgehead atoms. The molecule has 18 nitrogen and oxygen atoms in total. The van der Waals surface area contributed by atoms with Crippen LogP contribution in [0.25, 0.3) is 11.2 Å². The number of nitrogen functional groups attached to an aromatic ring is 2. The van der Waals surface area contributed by atoms with Crippen molar-refractivity contribution in [3.05, 3.63) is 28.3 Å². The summed E-state index contributed by atoms with van der Waals surface area (Å²) in [5, 5.41) is 7.86. The van der Waals surface area contributed by atoms with Crippen molar-refractivity contribution in [2.45, 2.75) is 55.5 Å². The fourth-order valence-electron chi connectivity index (χ4n) is 5.52. The van der Waals surface area contributed by atoms with Gasteiger partial charge in [0.2, 0.25) is 5.95 Å². The minimum absolute atomic E-state index is 0.0202. The molecule has 7 heterocycles. The van der Waals surface area contributed by atoms with Crippen molar-refractivity contribution in [2.75, 3.05) is 24.7 Å². The van der Waals surface area contributed by atoms with E-state index in [1.54, 1.807) is 18.5 Å². The highest BCUT2D eigenvalue weighted by atomic mass is 32.5. The third kappa shape index (κ3) is 5.67. The van der Waals surface area contributed by atoms with Crippen molar-refractivity contribution in [3.8, 4) is 0 Å². The van der Waals surface area contributed by atoms with Gasteiger partial charge in [-0.05, 0) is 29.7 Å². The van der Waals surface area contributed by atoms with Gasteiger partial charge in [0.25, 0.3) is 5.56 Å². The molecule has 4 aliphatic heterocycles. The minimum atomic E-state index is -3.94. The summed E-state index contributed by atoms with van der Waals surface area (Å²) in [6.45, 7) is -8.22. The first kappa shape index (κ1) is 29.4. The number of rotatable bonds is 2. The van der Waals surface area contributed by atoms with Crippen molar-refractivity contribution in [1.29, 1.82) is 0 Å². The van der Waals surface area contributed by atoms with E-state index in [-0.39, 0.29) is 49.1 Å². The Hall–Kier alpha value is -2.32. The predicted octanol–water partition coefficient (Wildman–Crippen LogP) is 0.269. The van der Waals surface area contributed by atoms with Crippen molar-refractivity contribution in [3.63, 3.8) is 0 Å². The van der Waals surface area contributed by atoms with E-state index in [0.29, 0.717) is 17.1 Å². The molecule has 4 aliphatic rings. The van der Waals surface area contributed by atoms with Gasteiger partial charge in [0.1, 0.15) is 17.9 Å². The van der Waals surface area contributed by atoms with E-state index in [4.69, 9.17) is 62.6 Å². The van der Waals surface area contributed by atoms with E-state index in [1.807, 2.05) is 0 Å². The Morgan fingerprint density at radius 3 is 2.60 bits per heavy atom. The number of nitrogens with zero attached hydrogens (tertiary/aromatic N) is 6. The monoisotopic (exact) mass is 673 g/mol. The van der Waals surface area contributed by atoms with Gasteiger partial charge in [0.05, 0.1) is 48.8 Å². The van der Waals surface area contributed by atoms with Gasteiger partial charge < -0.3 is 48.8 Å². The molecule has 0 spiro atoms. The summed E-state index contributed by atoms with van der Waals surface area (Å²) in [4.78, 5) is 49.6. The van der Waals surface area contributed by atoms with Gasteiger partial charge in [0.15, 0.2) is 17.4 Å². The number of aromatic amines is 1. The fraction of sp³-hybridized carbons (Fsp3) is 0.524. The van der Waals surface area contributed by atoms with E-state index in [1.165, 1.54) is 4.68 Å². The van der Waals surface area contributed by atoms with Crippen LogP contribution < -0.4 is 17.0 Å². The molecule has 22 heteroatoms. The summed E-state index contributed by atoms with van der Waals surface area (Å²) in [7, 11) is 0. The number of ether oxygens (including phenoxy) is 2. The molecule has 0 amide bonds. The summed E-state index contributed by atoms with van der Waals surface area (Å²) in [5.74, 6) is -0.514. The van der Waals surface area contributed by atoms with Gasteiger partial charge in [-0.25, -0.2) is 0 Å². The number of anilines is 2. The number of nitrogens with one attached hydrogen (secondary N) is 1. The van der Waals surface area contributed by atoms with E-state index < -0.39 is 55.7 Å². The number of aromatic nitrogens is 6. The Morgan fingerprint density at radius 1 is 1.02 bits per heavy atom. The molecular weight excluding hydrogens is 648 g/mol. The van der Waals surface area contributed by atoms with Crippen molar-refractivity contribution >= 4 is 71.8 Å². The Morgan fingerprint density at radius 2 is 1.79 bits per heavy atom. The van der Waals surface area contributed by atoms with Crippen LogP contribution >= 0.6 is 13.4 Å². The van der Waals surface area contributed by atoms with Crippen LogP contribution in [0.3, 0.4) is 0 Å². The zero-order chi connectivity index (χ0) is 30.1. The fourth-order valence-corrected chi connectivity index (χ4v) is 8.45. The standard InChI is InChI=1S/C21H25N9O9P2S2/c22-10-1-2-24-15-9(5-25-16(10)15)11-4-12-14(37-11)7-35-41(33,43)39-13-3-8(6-34-40(32,42)38-12)36-20(13)30-18-17(28-29-30)19(31)27-21(23)26-18/h1-2,5,8-9,11-14,20H,3-4,6-7H2,(H2,22,24)(H,32,42)(H,33,43)(H3,23,26,27,31)/t8-,9?,11+,12-,13+,14+,20+,40?,41?/m0/s1. The van der Waals surface area contributed by atoms with E-state index in [0.717, 1.165) is 0 Å². The lowest BCUT2D eigenvalue weighted by atomic mass is 9.96. The third-order valence-corrected chi connectivity index (χ3v) is 10.6. The van der Waals surface area contributed by atoms with Crippen LogP contribution in [0.15, 0.2) is 22.1 Å². The lowest BCUT2D eigenvalue weighted by Gasteiger charge is -2.27. The van der Waals surface area contributed by atoms with Gasteiger partial charge in [-0.3, -0.25) is 19.8 Å². The number of aliphatic imine (C=N–C) groups is 1. The van der Waals surface area contributed by atoms with Crippen LogP contribution in [0.5, 0.6) is 0 Å². The average Bonchev–Trinajstić information content (AvgIpc) is 3.71. The van der Waals surface area contributed by atoms with Crippen molar-refractivity contribution in [1.82, 2.24) is 29.9 Å². The number of nitrogens with two attached hydrogens (primary N) is 2. The first-order valence-corrected chi connectivity index (χ1v) is 18.2. The summed E-state index contributed by atoms with van der Waals surface area (Å²) < 4.78 is 36.7. The van der Waals surface area contributed by atoms with Gasteiger partial charge in [-0.15, -0.1) is 5.10 Å². The highest BCUT2D eigenvalue weighted by molar-refractivity contribution is 8.07. The zero-order valence-corrected chi connectivity index (χ0v) is 25.3. The SMILES string of the molecule is Nc1nc2c(nnn2[C@@H]2O[C@@H]3COP(O)(=S)O[C@H]4C[C@H](C5C=Nc6c(N)ccnc65)O[C@@H]4COP(O)(=S)O[C@@H]2C3)c(=O)[nH]1. The molecule has 3 unspecified atom stereocenters. The molecule has 43 heavy (non-hydrogen) atoms. The lowest BCUT2D eigenvalue weighted by Crippen LogP contribution is -2.29. The van der Waals surface area contributed by atoms with Gasteiger partial charge in [-0.2, -0.15) is 9.67 Å². The molecule has 3 saturated heterocycles. The molecule has 0 aliphatic carbocycles. The Labute approximate surface area is 252 Å².